The molecule has 0 saturated carbocycles. The summed E-state index contributed by atoms with van der Waals surface area (Å²) in [5.74, 6) is 0.0630. The van der Waals surface area contributed by atoms with Gasteiger partial charge >= 0.3 is 0 Å². The highest BCUT2D eigenvalue weighted by Gasteiger charge is 2.12. The first-order valence-electron chi connectivity index (χ1n) is 6.74. The fourth-order valence-electron chi connectivity index (χ4n) is 1.98. The number of aromatic hydroxyl groups is 1. The molecule has 1 aromatic carbocycles. The third-order valence-electron chi connectivity index (χ3n) is 3.20. The molecule has 0 aliphatic rings. The lowest BCUT2D eigenvalue weighted by Gasteiger charge is -2.14. The van der Waals surface area contributed by atoms with Crippen LogP contribution in [0.5, 0.6) is 5.75 Å². The predicted octanol–water partition coefficient (Wildman–Crippen LogP) is 3.19. The molecule has 1 unspecified atom stereocenters. The topological polar surface area (TPSA) is 62.2 Å². The van der Waals surface area contributed by atoms with Crippen molar-refractivity contribution in [2.75, 3.05) is 0 Å². The number of phenolic OH excluding ortho intramolecular Hbond substituents is 1. The molecule has 0 aliphatic heterocycles. The van der Waals surface area contributed by atoms with Crippen LogP contribution in [0.25, 0.3) is 0 Å². The second-order valence-electron chi connectivity index (χ2n) is 4.94. The van der Waals surface area contributed by atoms with Crippen molar-refractivity contribution in [3.8, 4) is 5.75 Å². The van der Waals surface area contributed by atoms with Crippen LogP contribution >= 0.6 is 11.6 Å². The van der Waals surface area contributed by atoms with Gasteiger partial charge in [0.1, 0.15) is 5.75 Å². The maximum atomic E-state index is 12.1. The molecular weight excluding hydrogens is 288 g/mol. The Morgan fingerprint density at radius 3 is 2.71 bits per heavy atom. The van der Waals surface area contributed by atoms with E-state index in [2.05, 4.69) is 10.3 Å². The van der Waals surface area contributed by atoms with E-state index in [4.69, 9.17) is 11.6 Å². The summed E-state index contributed by atoms with van der Waals surface area (Å²) in [6, 6.07) is 8.71. The Kier molecular flexibility index (Phi) is 5.17. The maximum absolute atomic E-state index is 12.1. The fourth-order valence-corrected chi connectivity index (χ4v) is 2.18. The number of aryl methyl sites for hydroxylation is 1. The minimum atomic E-state index is -0.194. The summed E-state index contributed by atoms with van der Waals surface area (Å²) in [5.41, 5.74) is 1.55. The molecule has 0 aliphatic carbocycles. The second kappa shape index (κ2) is 7.09. The van der Waals surface area contributed by atoms with E-state index in [-0.39, 0.29) is 17.7 Å². The summed E-state index contributed by atoms with van der Waals surface area (Å²) in [4.78, 5) is 15.9. The van der Waals surface area contributed by atoms with E-state index >= 15 is 0 Å². The number of halogens is 1. The number of aromatic nitrogens is 1. The average Bonchev–Trinajstić information content (AvgIpc) is 2.47. The highest BCUT2D eigenvalue weighted by Crippen LogP contribution is 2.14. The maximum Gasteiger partial charge on any atom is 0.253 e. The van der Waals surface area contributed by atoms with Crippen LogP contribution in [0.4, 0.5) is 0 Å². The van der Waals surface area contributed by atoms with Crippen LogP contribution in [-0.4, -0.2) is 22.0 Å². The zero-order valence-corrected chi connectivity index (χ0v) is 12.5. The number of amides is 1. The van der Waals surface area contributed by atoms with Crippen molar-refractivity contribution in [1.29, 1.82) is 0 Å². The number of carbonyl (C=O) groups excluding carboxylic acids is 1. The van der Waals surface area contributed by atoms with E-state index in [0.29, 0.717) is 10.6 Å². The van der Waals surface area contributed by atoms with Crippen molar-refractivity contribution in [3.63, 3.8) is 0 Å². The summed E-state index contributed by atoms with van der Waals surface area (Å²) in [7, 11) is 0. The van der Waals surface area contributed by atoms with Gasteiger partial charge in [0.15, 0.2) is 0 Å². The Bertz CT molecular complexity index is 614. The van der Waals surface area contributed by atoms with Crippen molar-refractivity contribution >= 4 is 17.5 Å². The van der Waals surface area contributed by atoms with Gasteiger partial charge in [0.2, 0.25) is 0 Å². The predicted molar refractivity (Wildman–Crippen MR) is 82.6 cm³/mol. The van der Waals surface area contributed by atoms with Crippen LogP contribution in [0.1, 0.15) is 29.3 Å². The number of nitrogens with zero attached hydrogens (tertiary/aromatic N) is 1. The smallest absolute Gasteiger partial charge is 0.253 e. The monoisotopic (exact) mass is 304 g/mol. The van der Waals surface area contributed by atoms with Crippen molar-refractivity contribution in [2.45, 2.75) is 25.8 Å². The van der Waals surface area contributed by atoms with Crippen LogP contribution in [0, 0.1) is 0 Å². The third kappa shape index (κ3) is 4.46. The van der Waals surface area contributed by atoms with Crippen molar-refractivity contribution in [3.05, 3.63) is 58.9 Å². The van der Waals surface area contributed by atoms with Gasteiger partial charge in [-0.05, 0) is 43.5 Å². The standard InChI is InChI=1S/C16H17ClN2O2/c1-11(2-3-12-4-6-13(20)7-5-12)19-16(21)14-8-9-18-10-15(14)17/h4-11,20H,2-3H2,1H3,(H,19,21). The van der Waals surface area contributed by atoms with Gasteiger partial charge in [0.25, 0.3) is 5.91 Å². The number of hydrogen-bond acceptors (Lipinski definition) is 3. The van der Waals surface area contributed by atoms with E-state index in [1.165, 1.54) is 6.20 Å². The Labute approximate surface area is 128 Å². The molecule has 0 radical (unpaired) electrons. The van der Waals surface area contributed by atoms with Gasteiger partial charge in [-0.1, -0.05) is 23.7 Å². The molecule has 21 heavy (non-hydrogen) atoms. The van der Waals surface area contributed by atoms with E-state index in [0.717, 1.165) is 18.4 Å². The molecule has 0 fully saturated rings. The minimum Gasteiger partial charge on any atom is -0.508 e. The van der Waals surface area contributed by atoms with Gasteiger partial charge in [-0.15, -0.1) is 0 Å². The van der Waals surface area contributed by atoms with Gasteiger partial charge in [0.05, 0.1) is 10.6 Å². The van der Waals surface area contributed by atoms with Crippen molar-refractivity contribution < 1.29 is 9.90 Å². The molecule has 2 N–H and O–H groups in total. The number of pyridine rings is 1. The lowest BCUT2D eigenvalue weighted by molar-refractivity contribution is 0.0938. The van der Waals surface area contributed by atoms with Crippen molar-refractivity contribution in [1.82, 2.24) is 10.3 Å². The van der Waals surface area contributed by atoms with Crippen LogP contribution in [0.3, 0.4) is 0 Å². The quantitative estimate of drug-likeness (QED) is 0.891. The SMILES string of the molecule is CC(CCc1ccc(O)cc1)NC(=O)c1ccncc1Cl. The molecule has 0 bridgehead atoms. The van der Waals surface area contributed by atoms with Gasteiger partial charge in [0, 0.05) is 18.4 Å². The number of phenols is 1. The number of nitrogens with one attached hydrogen (secondary N) is 1. The zero-order chi connectivity index (χ0) is 15.2. The van der Waals surface area contributed by atoms with Crippen LogP contribution in [0.15, 0.2) is 42.7 Å². The molecule has 5 heteroatoms. The Balaban J connectivity index is 1.87. The first kappa shape index (κ1) is 15.3. The van der Waals surface area contributed by atoms with E-state index in [1.54, 1.807) is 24.4 Å². The van der Waals surface area contributed by atoms with Gasteiger partial charge in [-0.2, -0.15) is 0 Å². The zero-order valence-electron chi connectivity index (χ0n) is 11.7. The molecule has 4 nitrogen and oxygen atoms in total. The van der Waals surface area contributed by atoms with Crippen LogP contribution < -0.4 is 5.32 Å². The largest absolute Gasteiger partial charge is 0.508 e. The number of benzene rings is 1. The summed E-state index contributed by atoms with van der Waals surface area (Å²) in [6.45, 7) is 1.95. The van der Waals surface area contributed by atoms with E-state index in [1.807, 2.05) is 19.1 Å². The number of rotatable bonds is 5. The Morgan fingerprint density at radius 1 is 1.33 bits per heavy atom. The summed E-state index contributed by atoms with van der Waals surface area (Å²) in [6.07, 6.45) is 4.63. The Morgan fingerprint density at radius 2 is 2.05 bits per heavy atom. The highest BCUT2D eigenvalue weighted by atomic mass is 35.5. The first-order chi connectivity index (χ1) is 10.1. The lowest BCUT2D eigenvalue weighted by atomic mass is 10.1. The lowest BCUT2D eigenvalue weighted by Crippen LogP contribution is -2.33. The summed E-state index contributed by atoms with van der Waals surface area (Å²) >= 11 is 5.94. The molecule has 2 aromatic rings. The molecule has 1 atom stereocenters. The van der Waals surface area contributed by atoms with Crippen LogP contribution in [0.2, 0.25) is 5.02 Å². The van der Waals surface area contributed by atoms with Gasteiger partial charge in [-0.25, -0.2) is 0 Å². The molecule has 0 spiro atoms. The summed E-state index contributed by atoms with van der Waals surface area (Å²) in [5, 5.41) is 12.5. The van der Waals surface area contributed by atoms with E-state index < -0.39 is 0 Å². The van der Waals surface area contributed by atoms with Gasteiger partial charge in [-0.3, -0.25) is 9.78 Å². The molecule has 110 valence electrons. The number of hydrogen-bond donors (Lipinski definition) is 2. The average molecular weight is 305 g/mol. The normalized spacial score (nSPS) is 11.9. The molecule has 1 heterocycles. The van der Waals surface area contributed by atoms with E-state index in [9.17, 15) is 9.90 Å². The molecular formula is C16H17ClN2O2. The Hall–Kier alpha value is -2.07. The molecule has 2 rings (SSSR count). The van der Waals surface area contributed by atoms with Crippen molar-refractivity contribution in [2.24, 2.45) is 0 Å². The minimum absolute atomic E-state index is 0.0236. The fraction of sp³-hybridized carbons (Fsp3) is 0.250. The van der Waals surface area contributed by atoms with Crippen LogP contribution in [-0.2, 0) is 6.42 Å². The first-order valence-corrected chi connectivity index (χ1v) is 7.12. The molecule has 1 amide bonds. The number of carbonyl (C=O) groups is 1. The molecule has 1 aromatic heterocycles. The highest BCUT2D eigenvalue weighted by molar-refractivity contribution is 6.33. The third-order valence-corrected chi connectivity index (χ3v) is 3.50. The molecule has 0 saturated heterocycles. The summed E-state index contributed by atoms with van der Waals surface area (Å²) < 4.78 is 0. The second-order valence-corrected chi connectivity index (χ2v) is 5.34. The van der Waals surface area contributed by atoms with Gasteiger partial charge < -0.3 is 10.4 Å².